The first-order valence-electron chi connectivity index (χ1n) is 12.8. The molecular formula is C28H31F4N3O5S. The molecule has 0 spiro atoms. The second-order valence-electron chi connectivity index (χ2n) is 9.82. The van der Waals surface area contributed by atoms with Gasteiger partial charge in [-0.3, -0.25) is 4.79 Å². The minimum absolute atomic E-state index is 0.0413. The lowest BCUT2D eigenvalue weighted by atomic mass is 9.97. The molecule has 4 rings (SSSR count). The smallest absolute Gasteiger partial charge is 0.416 e. The number of halogens is 4. The fraction of sp³-hybridized carbons (Fsp3) is 0.393. The number of sulfonamides is 1. The molecule has 1 atom stereocenters. The van der Waals surface area contributed by atoms with Crippen molar-refractivity contribution < 1.29 is 40.2 Å². The van der Waals surface area contributed by atoms with Crippen molar-refractivity contribution in [3.05, 3.63) is 82.4 Å². The molecule has 13 heteroatoms. The van der Waals surface area contributed by atoms with Crippen LogP contribution in [0.3, 0.4) is 0 Å². The number of ether oxygens (including phenoxy) is 2. The maximum atomic E-state index is 15.0. The maximum Gasteiger partial charge on any atom is 0.416 e. The van der Waals surface area contributed by atoms with Crippen LogP contribution in [0.15, 0.2) is 53.6 Å². The first-order chi connectivity index (χ1) is 19.3. The maximum absolute atomic E-state index is 15.0. The van der Waals surface area contributed by atoms with E-state index in [1.807, 2.05) is 4.57 Å². The summed E-state index contributed by atoms with van der Waals surface area (Å²) in [5.41, 5.74) is 0.425. The van der Waals surface area contributed by atoms with Crippen LogP contribution in [0.4, 0.5) is 17.6 Å². The number of benzene rings is 2. The van der Waals surface area contributed by atoms with Crippen molar-refractivity contribution in [2.24, 2.45) is 0 Å². The molecule has 1 aromatic heterocycles. The fourth-order valence-corrected chi connectivity index (χ4v) is 6.61. The molecule has 1 aliphatic heterocycles. The van der Waals surface area contributed by atoms with Crippen LogP contribution >= 0.6 is 0 Å². The quantitative estimate of drug-likeness (QED) is 0.267. The number of fused-ring (bicyclic) bond motifs is 1. The summed E-state index contributed by atoms with van der Waals surface area (Å²) in [5.74, 6) is -1.04. The molecule has 2 aromatic carbocycles. The fourth-order valence-electron chi connectivity index (χ4n) is 5.05. The molecule has 41 heavy (non-hydrogen) atoms. The van der Waals surface area contributed by atoms with E-state index in [0.29, 0.717) is 35.2 Å². The summed E-state index contributed by atoms with van der Waals surface area (Å²) >= 11 is 0. The van der Waals surface area contributed by atoms with E-state index in [4.69, 9.17) is 9.47 Å². The molecule has 1 amide bonds. The number of hydrogen-bond donors (Lipinski definition) is 0. The Morgan fingerprint density at radius 1 is 1.10 bits per heavy atom. The third-order valence-corrected chi connectivity index (χ3v) is 9.26. The van der Waals surface area contributed by atoms with Gasteiger partial charge in [0.1, 0.15) is 24.2 Å². The summed E-state index contributed by atoms with van der Waals surface area (Å²) in [7, 11) is -0.954. The molecule has 0 aliphatic carbocycles. The lowest BCUT2D eigenvalue weighted by Gasteiger charge is -2.37. The zero-order chi connectivity index (χ0) is 30.1. The normalized spacial score (nSPS) is 15.7. The van der Waals surface area contributed by atoms with Crippen molar-refractivity contribution >= 4 is 15.9 Å². The van der Waals surface area contributed by atoms with E-state index < -0.39 is 46.1 Å². The zero-order valence-electron chi connectivity index (χ0n) is 23.0. The van der Waals surface area contributed by atoms with Gasteiger partial charge in [0, 0.05) is 44.1 Å². The Hall–Kier alpha value is -3.42. The Labute approximate surface area is 236 Å². The van der Waals surface area contributed by atoms with Crippen LogP contribution in [0.2, 0.25) is 0 Å². The number of aryl methyl sites for hydroxylation is 2. The van der Waals surface area contributed by atoms with Gasteiger partial charge in [0.15, 0.2) is 0 Å². The van der Waals surface area contributed by atoms with E-state index in [9.17, 15) is 26.4 Å². The van der Waals surface area contributed by atoms with Crippen molar-refractivity contribution in [1.29, 1.82) is 0 Å². The highest BCUT2D eigenvalue weighted by molar-refractivity contribution is 7.89. The molecular weight excluding hydrogens is 566 g/mol. The minimum Gasteiger partial charge on any atom is -0.497 e. The third kappa shape index (κ3) is 6.26. The number of carbonyl (C=O) groups is 1. The van der Waals surface area contributed by atoms with Crippen molar-refractivity contribution in [3.8, 4) is 5.75 Å². The van der Waals surface area contributed by atoms with Crippen molar-refractivity contribution in [2.75, 3.05) is 40.5 Å². The van der Waals surface area contributed by atoms with Crippen molar-refractivity contribution in [3.63, 3.8) is 0 Å². The summed E-state index contributed by atoms with van der Waals surface area (Å²) < 4.78 is 94.4. The predicted molar refractivity (Wildman–Crippen MR) is 142 cm³/mol. The van der Waals surface area contributed by atoms with Crippen LogP contribution in [-0.4, -0.2) is 68.6 Å². The standard InChI is InChI=1S/C28H31F4N3O5S/c1-18-14-21(39-4)15-19(2)27(18)41(37,38)33(3)12-13-40-17-25(36)35-11-10-34-9-5-6-24(34)26(35)22-8-7-20(16-23(22)29)28(30,31)32/h5-9,14-16,26H,10-13,17H2,1-4H3. The Bertz CT molecular complexity index is 1510. The van der Waals surface area contributed by atoms with Crippen molar-refractivity contribution in [1.82, 2.24) is 13.8 Å². The summed E-state index contributed by atoms with van der Waals surface area (Å²) in [6, 6.07) is 7.99. The molecule has 0 saturated carbocycles. The van der Waals surface area contributed by atoms with E-state index in [-0.39, 0.29) is 30.2 Å². The van der Waals surface area contributed by atoms with Gasteiger partial charge >= 0.3 is 6.18 Å². The molecule has 1 aliphatic rings. The molecule has 0 saturated heterocycles. The van der Waals surface area contributed by atoms with E-state index in [2.05, 4.69) is 0 Å². The van der Waals surface area contributed by atoms with E-state index >= 15 is 4.39 Å². The number of methoxy groups -OCH3 is 1. The van der Waals surface area contributed by atoms with Gasteiger partial charge in [0.2, 0.25) is 15.9 Å². The molecule has 222 valence electrons. The van der Waals surface area contributed by atoms with Gasteiger partial charge < -0.3 is 18.9 Å². The van der Waals surface area contributed by atoms with Gasteiger partial charge in [-0.2, -0.15) is 17.5 Å². The monoisotopic (exact) mass is 597 g/mol. The van der Waals surface area contributed by atoms with E-state index in [1.165, 1.54) is 19.1 Å². The number of aromatic nitrogens is 1. The topological polar surface area (TPSA) is 81.1 Å². The summed E-state index contributed by atoms with van der Waals surface area (Å²) in [4.78, 5) is 14.7. The first kappa shape index (κ1) is 30.5. The van der Waals surface area contributed by atoms with Gasteiger partial charge in [0.05, 0.1) is 24.2 Å². The van der Waals surface area contributed by atoms with Gasteiger partial charge in [-0.15, -0.1) is 0 Å². The number of amides is 1. The lowest BCUT2D eigenvalue weighted by Crippen LogP contribution is -2.44. The summed E-state index contributed by atoms with van der Waals surface area (Å²) in [6.45, 7) is 3.38. The molecule has 3 aromatic rings. The number of nitrogens with zero attached hydrogens (tertiary/aromatic N) is 3. The van der Waals surface area contributed by atoms with Gasteiger partial charge in [-0.1, -0.05) is 6.07 Å². The number of hydrogen-bond acceptors (Lipinski definition) is 5. The van der Waals surface area contributed by atoms with Crippen LogP contribution in [0.25, 0.3) is 0 Å². The molecule has 1 unspecified atom stereocenters. The number of rotatable bonds is 9. The van der Waals surface area contributed by atoms with Crippen molar-refractivity contribution in [2.45, 2.75) is 37.5 Å². The van der Waals surface area contributed by atoms with Crippen LogP contribution in [0.5, 0.6) is 5.75 Å². The zero-order valence-corrected chi connectivity index (χ0v) is 23.9. The predicted octanol–water partition coefficient (Wildman–Crippen LogP) is 4.54. The molecule has 2 heterocycles. The van der Waals surface area contributed by atoms with Gasteiger partial charge in [-0.25, -0.2) is 12.8 Å². The highest BCUT2D eigenvalue weighted by atomic mass is 32.2. The van der Waals surface area contributed by atoms with Crippen LogP contribution in [0.1, 0.15) is 34.0 Å². The van der Waals surface area contributed by atoms with Crippen LogP contribution in [0, 0.1) is 19.7 Å². The highest BCUT2D eigenvalue weighted by Gasteiger charge is 2.36. The minimum atomic E-state index is -4.71. The number of carbonyl (C=O) groups excluding carboxylic acids is 1. The highest BCUT2D eigenvalue weighted by Crippen LogP contribution is 2.37. The van der Waals surface area contributed by atoms with E-state index in [0.717, 1.165) is 16.4 Å². The second kappa shape index (κ2) is 11.8. The van der Waals surface area contributed by atoms with Gasteiger partial charge in [-0.05, 0) is 61.4 Å². The Morgan fingerprint density at radius 2 is 1.78 bits per heavy atom. The van der Waals surface area contributed by atoms with Crippen LogP contribution < -0.4 is 4.74 Å². The Morgan fingerprint density at radius 3 is 2.39 bits per heavy atom. The molecule has 0 bridgehead atoms. The number of likely N-dealkylation sites (N-methyl/N-ethyl adjacent to an activating group) is 1. The average molecular weight is 598 g/mol. The second-order valence-corrected chi connectivity index (χ2v) is 11.8. The molecule has 0 N–H and O–H groups in total. The SMILES string of the molecule is COc1cc(C)c(S(=O)(=O)N(C)CCOCC(=O)N2CCn3cccc3C2c2ccc(C(F)(F)F)cc2F)c(C)c1. The summed E-state index contributed by atoms with van der Waals surface area (Å²) in [6.07, 6.45) is -2.95. The Balaban J connectivity index is 1.45. The summed E-state index contributed by atoms with van der Waals surface area (Å²) in [5, 5.41) is 0. The number of alkyl halides is 3. The van der Waals surface area contributed by atoms with E-state index in [1.54, 1.807) is 44.3 Å². The first-order valence-corrected chi connectivity index (χ1v) is 14.2. The Kier molecular flexibility index (Phi) is 8.81. The third-order valence-electron chi connectivity index (χ3n) is 7.09. The largest absolute Gasteiger partial charge is 0.497 e. The molecule has 0 radical (unpaired) electrons. The molecule has 8 nitrogen and oxygen atoms in total. The average Bonchev–Trinajstić information content (AvgIpc) is 3.38. The van der Waals surface area contributed by atoms with Crippen LogP contribution in [-0.2, 0) is 32.3 Å². The lowest BCUT2D eigenvalue weighted by molar-refractivity contribution is -0.139. The van der Waals surface area contributed by atoms with Gasteiger partial charge in [0.25, 0.3) is 0 Å². The molecule has 0 fully saturated rings.